The second-order valence-electron chi connectivity index (χ2n) is 6.11. The summed E-state index contributed by atoms with van der Waals surface area (Å²) in [6, 6.07) is 10.9. The molecular weight excluding hydrogens is 384 g/mol. The van der Waals surface area contributed by atoms with Crippen LogP contribution < -0.4 is 10.0 Å². The highest BCUT2D eigenvalue weighted by atomic mass is 32.2. The van der Waals surface area contributed by atoms with E-state index >= 15 is 0 Å². The molecule has 27 heavy (non-hydrogen) atoms. The second-order valence-corrected chi connectivity index (χ2v) is 8.79. The van der Waals surface area contributed by atoms with Crippen LogP contribution in [0.15, 0.2) is 46.7 Å². The number of amides is 1. The van der Waals surface area contributed by atoms with Crippen LogP contribution in [0.4, 0.5) is 5.82 Å². The Labute approximate surface area is 161 Å². The minimum absolute atomic E-state index is 0.00372. The lowest BCUT2D eigenvalue weighted by Gasteiger charge is -2.10. The minimum atomic E-state index is -3.66. The minimum Gasteiger partial charge on any atom is -0.309 e. The van der Waals surface area contributed by atoms with Gasteiger partial charge in [0.05, 0.1) is 15.5 Å². The quantitative estimate of drug-likeness (QED) is 0.563. The van der Waals surface area contributed by atoms with Crippen LogP contribution >= 0.6 is 11.3 Å². The van der Waals surface area contributed by atoms with Gasteiger partial charge >= 0.3 is 0 Å². The molecule has 0 aliphatic heterocycles. The average molecular weight is 405 g/mol. The van der Waals surface area contributed by atoms with Gasteiger partial charge in [-0.2, -0.15) is 5.10 Å². The van der Waals surface area contributed by atoms with Crippen molar-refractivity contribution in [1.82, 2.24) is 14.9 Å². The maximum atomic E-state index is 12.4. The van der Waals surface area contributed by atoms with Gasteiger partial charge in [-0.05, 0) is 42.5 Å². The Morgan fingerprint density at radius 1 is 1.22 bits per heavy atom. The lowest BCUT2D eigenvalue weighted by atomic mass is 10.2. The highest BCUT2D eigenvalue weighted by molar-refractivity contribution is 7.89. The van der Waals surface area contributed by atoms with E-state index < -0.39 is 10.0 Å². The highest BCUT2D eigenvalue weighted by Crippen LogP contribution is 2.24. The third-order valence-corrected chi connectivity index (χ3v) is 6.42. The summed E-state index contributed by atoms with van der Waals surface area (Å²) in [6.45, 7) is 3.58. The molecule has 0 bridgehead atoms. The van der Waals surface area contributed by atoms with Crippen LogP contribution in [0.25, 0.3) is 10.6 Å². The summed E-state index contributed by atoms with van der Waals surface area (Å²) < 4.78 is 27.3. The smallest absolute Gasteiger partial charge is 0.240 e. The van der Waals surface area contributed by atoms with E-state index in [2.05, 4.69) is 20.2 Å². The number of anilines is 1. The molecule has 2 aromatic heterocycles. The van der Waals surface area contributed by atoms with Gasteiger partial charge in [-0.15, -0.1) is 11.3 Å². The Hall–Kier alpha value is -2.49. The number of thiophene rings is 1. The van der Waals surface area contributed by atoms with E-state index in [4.69, 9.17) is 0 Å². The zero-order chi connectivity index (χ0) is 19.4. The number of benzene rings is 1. The first-order chi connectivity index (χ1) is 12.8. The van der Waals surface area contributed by atoms with Gasteiger partial charge in [0.15, 0.2) is 5.82 Å². The largest absolute Gasteiger partial charge is 0.309 e. The molecule has 0 aliphatic carbocycles. The normalized spacial score (nSPS) is 11.5. The van der Waals surface area contributed by atoms with Crippen LogP contribution in [0, 0.1) is 13.8 Å². The monoisotopic (exact) mass is 404 g/mol. The number of carbonyl (C=O) groups is 1. The summed E-state index contributed by atoms with van der Waals surface area (Å²) in [5.74, 6) is 0.0867. The summed E-state index contributed by atoms with van der Waals surface area (Å²) in [7, 11) is -3.66. The van der Waals surface area contributed by atoms with Gasteiger partial charge in [-0.25, -0.2) is 13.1 Å². The van der Waals surface area contributed by atoms with Crippen molar-refractivity contribution in [3.05, 3.63) is 52.9 Å². The number of nitrogens with one attached hydrogen (secondary N) is 3. The lowest BCUT2D eigenvalue weighted by Crippen LogP contribution is -2.28. The van der Waals surface area contributed by atoms with Gasteiger partial charge in [0, 0.05) is 19.0 Å². The lowest BCUT2D eigenvalue weighted by molar-refractivity contribution is -0.116. The number of rotatable bonds is 7. The summed E-state index contributed by atoms with van der Waals surface area (Å²) >= 11 is 1.56. The predicted octanol–water partition coefficient (Wildman–Crippen LogP) is 3.06. The molecule has 0 atom stereocenters. The molecule has 1 aromatic carbocycles. The molecule has 3 N–H and O–H groups in total. The fourth-order valence-electron chi connectivity index (χ4n) is 2.52. The molecule has 0 saturated carbocycles. The SMILES string of the molecule is Cc1ccc(C)c(S(=O)(=O)NCCC(=O)Nc2cc(-c3cccs3)[nH]n2)c1. The first kappa shape index (κ1) is 19.3. The third kappa shape index (κ3) is 4.82. The van der Waals surface area contributed by atoms with Gasteiger partial charge in [-0.3, -0.25) is 9.89 Å². The Kier molecular flexibility index (Phi) is 5.73. The molecule has 2 heterocycles. The number of aryl methyl sites for hydroxylation is 2. The number of nitrogens with zero attached hydrogens (tertiary/aromatic N) is 1. The van der Waals surface area contributed by atoms with E-state index in [0.29, 0.717) is 11.4 Å². The van der Waals surface area contributed by atoms with Gasteiger partial charge in [0.2, 0.25) is 15.9 Å². The third-order valence-electron chi connectivity index (χ3n) is 3.91. The van der Waals surface area contributed by atoms with Gasteiger partial charge in [0.1, 0.15) is 0 Å². The van der Waals surface area contributed by atoms with Crippen molar-refractivity contribution in [3.8, 4) is 10.6 Å². The van der Waals surface area contributed by atoms with Crippen molar-refractivity contribution in [2.45, 2.75) is 25.2 Å². The molecule has 0 saturated heterocycles. The zero-order valence-corrected chi connectivity index (χ0v) is 16.6. The Morgan fingerprint density at radius 2 is 2.04 bits per heavy atom. The number of aromatic nitrogens is 2. The Balaban J connectivity index is 1.54. The van der Waals surface area contributed by atoms with Crippen LogP contribution in [0.5, 0.6) is 0 Å². The molecule has 0 spiro atoms. The van der Waals surface area contributed by atoms with E-state index in [1.165, 1.54) is 0 Å². The van der Waals surface area contributed by atoms with Crippen molar-refractivity contribution in [2.24, 2.45) is 0 Å². The summed E-state index contributed by atoms with van der Waals surface area (Å²) in [6.07, 6.45) is 0.00525. The molecular formula is C18H20N4O3S2. The van der Waals surface area contributed by atoms with Crippen LogP contribution in [-0.4, -0.2) is 31.1 Å². The van der Waals surface area contributed by atoms with Crippen LogP contribution in [-0.2, 0) is 14.8 Å². The highest BCUT2D eigenvalue weighted by Gasteiger charge is 2.17. The molecule has 3 aromatic rings. The molecule has 0 unspecified atom stereocenters. The number of sulfonamides is 1. The molecule has 0 radical (unpaired) electrons. The number of hydrogen-bond acceptors (Lipinski definition) is 5. The van der Waals surface area contributed by atoms with E-state index in [1.807, 2.05) is 30.5 Å². The summed E-state index contributed by atoms with van der Waals surface area (Å²) in [5.41, 5.74) is 2.34. The van der Waals surface area contributed by atoms with Crippen molar-refractivity contribution < 1.29 is 13.2 Å². The average Bonchev–Trinajstić information content (AvgIpc) is 3.28. The van der Waals surface area contributed by atoms with Crippen molar-refractivity contribution in [3.63, 3.8) is 0 Å². The fourth-order valence-corrected chi connectivity index (χ4v) is 4.57. The molecule has 0 fully saturated rings. The fraction of sp³-hybridized carbons (Fsp3) is 0.222. The molecule has 142 valence electrons. The van der Waals surface area contributed by atoms with Crippen molar-refractivity contribution in [2.75, 3.05) is 11.9 Å². The van der Waals surface area contributed by atoms with Gasteiger partial charge in [-0.1, -0.05) is 18.2 Å². The van der Waals surface area contributed by atoms with Crippen molar-refractivity contribution in [1.29, 1.82) is 0 Å². The number of aromatic amines is 1. The van der Waals surface area contributed by atoms with Crippen LogP contribution in [0.2, 0.25) is 0 Å². The second kappa shape index (κ2) is 8.03. The molecule has 0 aliphatic rings. The molecule has 9 heteroatoms. The maximum Gasteiger partial charge on any atom is 0.240 e. The predicted molar refractivity (Wildman–Crippen MR) is 106 cm³/mol. The summed E-state index contributed by atoms with van der Waals surface area (Å²) in [5, 5.41) is 11.5. The summed E-state index contributed by atoms with van der Waals surface area (Å²) in [4.78, 5) is 13.3. The van der Waals surface area contributed by atoms with E-state index in [9.17, 15) is 13.2 Å². The zero-order valence-electron chi connectivity index (χ0n) is 14.9. The molecule has 3 rings (SSSR count). The molecule has 1 amide bonds. The van der Waals surface area contributed by atoms with E-state index in [0.717, 1.165) is 16.1 Å². The van der Waals surface area contributed by atoms with Gasteiger partial charge in [0.25, 0.3) is 0 Å². The number of H-pyrrole nitrogens is 1. The van der Waals surface area contributed by atoms with E-state index in [-0.39, 0.29) is 23.8 Å². The topological polar surface area (TPSA) is 104 Å². The Morgan fingerprint density at radius 3 is 2.78 bits per heavy atom. The van der Waals surface area contributed by atoms with Crippen molar-refractivity contribution >= 4 is 33.1 Å². The number of carbonyl (C=O) groups excluding carboxylic acids is 1. The Bertz CT molecular complexity index is 1040. The first-order valence-electron chi connectivity index (χ1n) is 8.31. The first-order valence-corrected chi connectivity index (χ1v) is 10.7. The maximum absolute atomic E-state index is 12.4. The van der Waals surface area contributed by atoms with Gasteiger partial charge < -0.3 is 5.32 Å². The van der Waals surface area contributed by atoms with E-state index in [1.54, 1.807) is 36.5 Å². The molecule has 7 nitrogen and oxygen atoms in total. The van der Waals surface area contributed by atoms with Crippen LogP contribution in [0.1, 0.15) is 17.5 Å². The van der Waals surface area contributed by atoms with Crippen LogP contribution in [0.3, 0.4) is 0 Å². The number of hydrogen-bond donors (Lipinski definition) is 3. The standard InChI is InChI=1S/C18H20N4O3S2/c1-12-5-6-13(2)16(10-12)27(24,25)19-8-7-18(23)20-17-11-14(21-22-17)15-4-3-9-26-15/h3-6,9-11,19H,7-8H2,1-2H3,(H2,20,21,22,23).